The predicted octanol–water partition coefficient (Wildman–Crippen LogP) is 2.24. The number of ketones is 1. The van der Waals surface area contributed by atoms with E-state index in [0.717, 1.165) is 11.3 Å². The number of piperidine rings is 1. The van der Waals surface area contributed by atoms with E-state index in [1.165, 1.54) is 22.7 Å². The van der Waals surface area contributed by atoms with E-state index in [2.05, 4.69) is 32.0 Å². The molecule has 0 aliphatic carbocycles. The molecule has 1 aliphatic heterocycles. The van der Waals surface area contributed by atoms with Crippen LogP contribution in [0.4, 0.5) is 0 Å². The zero-order chi connectivity index (χ0) is 20.6. The van der Waals surface area contributed by atoms with Crippen LogP contribution in [0.2, 0.25) is 0 Å². The van der Waals surface area contributed by atoms with Gasteiger partial charge in [-0.3, -0.25) is 4.79 Å². The summed E-state index contributed by atoms with van der Waals surface area (Å²) in [6.07, 6.45) is 2.87. The van der Waals surface area contributed by atoms with Crippen molar-refractivity contribution >= 4 is 17.3 Å². The molecule has 1 saturated heterocycles. The van der Waals surface area contributed by atoms with E-state index in [4.69, 9.17) is 0 Å². The third kappa shape index (κ3) is 3.61. The molecule has 152 valence electrons. The van der Waals surface area contributed by atoms with E-state index in [9.17, 15) is 9.90 Å². The van der Waals surface area contributed by atoms with Crippen LogP contribution in [0.25, 0.3) is 5.69 Å². The van der Waals surface area contributed by atoms with Crippen LogP contribution in [-0.2, 0) is 11.0 Å². The summed E-state index contributed by atoms with van der Waals surface area (Å²) < 4.78 is 4.61. The number of nitrogens with one attached hydrogen (secondary N) is 1. The van der Waals surface area contributed by atoms with Crippen molar-refractivity contribution in [2.75, 3.05) is 6.54 Å². The number of carbonyl (C=O) groups is 1. The van der Waals surface area contributed by atoms with Crippen LogP contribution in [0.3, 0.4) is 0 Å². The molecular weight excluding hydrogens is 388 g/mol. The van der Waals surface area contributed by atoms with E-state index in [1.54, 1.807) is 19.9 Å². The highest BCUT2D eigenvalue weighted by Gasteiger charge is 2.46. The van der Waals surface area contributed by atoms with Crippen LogP contribution in [0.1, 0.15) is 54.5 Å². The Morgan fingerprint density at radius 2 is 2.17 bits per heavy atom. The van der Waals surface area contributed by atoms with Gasteiger partial charge in [-0.1, -0.05) is 12.1 Å². The van der Waals surface area contributed by atoms with Gasteiger partial charge in [-0.2, -0.15) is 4.37 Å². The summed E-state index contributed by atoms with van der Waals surface area (Å²) in [6.45, 7) is 6.06. The first kappa shape index (κ1) is 19.8. The maximum absolute atomic E-state index is 14.0. The van der Waals surface area contributed by atoms with Gasteiger partial charge < -0.3 is 10.4 Å². The Labute approximate surface area is 173 Å². The number of benzene rings is 1. The lowest BCUT2D eigenvalue weighted by Crippen LogP contribution is -2.52. The van der Waals surface area contributed by atoms with Crippen LogP contribution in [0.15, 0.2) is 36.7 Å². The Hall–Kier alpha value is -2.49. The van der Waals surface area contributed by atoms with Gasteiger partial charge in [-0.25, -0.2) is 0 Å². The fraction of sp³-hybridized carbons (Fsp3) is 0.450. The number of nitrogens with zero attached hydrogens (tertiary/aromatic N) is 5. The Morgan fingerprint density at radius 1 is 1.38 bits per heavy atom. The average Bonchev–Trinajstić information content (AvgIpc) is 3.40. The van der Waals surface area contributed by atoms with Gasteiger partial charge in [0.1, 0.15) is 0 Å². The molecule has 3 heterocycles. The zero-order valence-corrected chi connectivity index (χ0v) is 17.5. The molecule has 3 aromatic rings. The molecule has 2 N–H and O–H groups in total. The minimum absolute atomic E-state index is 0.0302. The second-order valence-electron chi connectivity index (χ2n) is 8.11. The van der Waals surface area contributed by atoms with Crippen molar-refractivity contribution in [2.24, 2.45) is 0 Å². The van der Waals surface area contributed by atoms with Crippen LogP contribution in [0, 0.1) is 0 Å². The molecule has 0 amide bonds. The number of aliphatic hydroxyl groups is 1. The largest absolute Gasteiger partial charge is 0.385 e. The smallest absolute Gasteiger partial charge is 0.178 e. The molecule has 2 atom stereocenters. The lowest BCUT2D eigenvalue weighted by molar-refractivity contribution is 0.0806. The van der Waals surface area contributed by atoms with Crippen molar-refractivity contribution in [1.29, 1.82) is 0 Å². The highest BCUT2D eigenvalue weighted by molar-refractivity contribution is 7.06. The quantitative estimate of drug-likeness (QED) is 0.619. The van der Waals surface area contributed by atoms with Crippen molar-refractivity contribution in [1.82, 2.24) is 29.9 Å². The maximum atomic E-state index is 14.0. The lowest BCUT2D eigenvalue weighted by Gasteiger charge is -2.38. The summed E-state index contributed by atoms with van der Waals surface area (Å²) in [4.78, 5) is 16.1. The Kier molecular flexibility index (Phi) is 5.05. The third-order valence-corrected chi connectivity index (χ3v) is 6.61. The van der Waals surface area contributed by atoms with Gasteiger partial charge >= 0.3 is 0 Å². The van der Waals surface area contributed by atoms with Crippen molar-refractivity contribution in [2.45, 2.75) is 50.7 Å². The summed E-state index contributed by atoms with van der Waals surface area (Å²) >= 11 is 1.24. The molecule has 9 heteroatoms. The molecule has 1 fully saturated rings. The number of para-hydroxylation sites is 1. The fourth-order valence-electron chi connectivity index (χ4n) is 3.69. The van der Waals surface area contributed by atoms with Gasteiger partial charge in [0, 0.05) is 18.2 Å². The number of hydrogen-bond acceptors (Lipinski definition) is 8. The van der Waals surface area contributed by atoms with Gasteiger partial charge in [-0.15, -0.1) is 15.0 Å². The predicted molar refractivity (Wildman–Crippen MR) is 109 cm³/mol. The van der Waals surface area contributed by atoms with E-state index in [0.29, 0.717) is 36.0 Å². The third-order valence-electron chi connectivity index (χ3n) is 5.51. The Morgan fingerprint density at radius 3 is 2.79 bits per heavy atom. The van der Waals surface area contributed by atoms with Crippen molar-refractivity contribution in [3.05, 3.63) is 52.8 Å². The number of tetrazole rings is 1. The molecule has 0 saturated carbocycles. The van der Waals surface area contributed by atoms with Crippen molar-refractivity contribution in [3.63, 3.8) is 0 Å². The topological polar surface area (TPSA) is 106 Å². The summed E-state index contributed by atoms with van der Waals surface area (Å²) in [6, 6.07) is 9.49. The number of Topliss-reactive ketones (excluding diaryl/α,β-unsaturated/α-hetero) is 1. The van der Waals surface area contributed by atoms with Gasteiger partial charge in [-0.05, 0) is 68.6 Å². The normalized spacial score (nSPS) is 22.6. The molecule has 1 aliphatic rings. The second-order valence-corrected chi connectivity index (χ2v) is 8.91. The minimum atomic E-state index is -1.00. The van der Waals surface area contributed by atoms with E-state index in [-0.39, 0.29) is 5.78 Å². The minimum Gasteiger partial charge on any atom is -0.385 e. The molecule has 2 aromatic heterocycles. The Balaban J connectivity index is 1.81. The molecular formula is C20H24N6O2S. The summed E-state index contributed by atoms with van der Waals surface area (Å²) in [5, 5.41) is 25.7. The molecule has 8 nitrogen and oxygen atoms in total. The molecule has 29 heavy (non-hydrogen) atoms. The molecule has 0 spiro atoms. The lowest BCUT2D eigenvalue weighted by atomic mass is 9.70. The number of hydrogen-bond donors (Lipinski definition) is 2. The average molecular weight is 413 g/mol. The first-order valence-corrected chi connectivity index (χ1v) is 10.4. The van der Waals surface area contributed by atoms with Crippen molar-refractivity contribution < 1.29 is 9.90 Å². The molecule has 4 rings (SSSR count). The highest BCUT2D eigenvalue weighted by Crippen LogP contribution is 2.39. The second kappa shape index (κ2) is 7.40. The number of aromatic nitrogens is 5. The highest BCUT2D eigenvalue weighted by atomic mass is 32.1. The number of rotatable bonds is 5. The fourth-order valence-corrected chi connectivity index (χ4v) is 4.51. The van der Waals surface area contributed by atoms with Gasteiger partial charge in [0.15, 0.2) is 12.1 Å². The molecule has 0 radical (unpaired) electrons. The van der Waals surface area contributed by atoms with E-state index < -0.39 is 11.0 Å². The molecule has 1 aromatic carbocycles. The monoisotopic (exact) mass is 412 g/mol. The van der Waals surface area contributed by atoms with Crippen LogP contribution in [-0.4, -0.2) is 48.1 Å². The maximum Gasteiger partial charge on any atom is 0.178 e. The van der Waals surface area contributed by atoms with Gasteiger partial charge in [0.2, 0.25) is 0 Å². The van der Waals surface area contributed by atoms with Crippen LogP contribution in [0.5, 0.6) is 0 Å². The number of carbonyl (C=O) groups excluding carboxylic acids is 1. The zero-order valence-electron chi connectivity index (χ0n) is 16.7. The summed E-state index contributed by atoms with van der Waals surface area (Å²) in [5.41, 5.74) is -0.00244. The van der Waals surface area contributed by atoms with Crippen LogP contribution >= 0.6 is 11.5 Å². The summed E-state index contributed by atoms with van der Waals surface area (Å²) in [5.74, 6) is -0.0302. The van der Waals surface area contributed by atoms with Crippen molar-refractivity contribution in [3.8, 4) is 5.69 Å². The van der Waals surface area contributed by atoms with E-state index in [1.807, 2.05) is 24.3 Å². The van der Waals surface area contributed by atoms with E-state index >= 15 is 0 Å². The van der Waals surface area contributed by atoms with Gasteiger partial charge in [0.25, 0.3) is 0 Å². The van der Waals surface area contributed by atoms with Gasteiger partial charge in [0.05, 0.1) is 27.3 Å². The first-order valence-electron chi connectivity index (χ1n) is 9.62. The SMILES string of the molecule is C[C@@H]1CC[C@](C(=O)c2ccccc2-n2ncnn2)(c2cc(C(C)(C)O)sn2)CN1. The Bertz CT molecular complexity index is 1000. The molecule has 0 unspecified atom stereocenters. The summed E-state index contributed by atoms with van der Waals surface area (Å²) in [7, 11) is 0. The molecule has 0 bridgehead atoms. The standard InChI is InChI=1S/C20H24N6O2S/c1-13-8-9-20(11-21-13,16-10-17(29-24-16)19(2,3)28)18(27)14-6-4-5-7-15(14)26-23-12-22-25-26/h4-7,10,12-13,21,28H,8-9,11H2,1-3H3/t13-,20-/m1/s1. The first-order chi connectivity index (χ1) is 13.8. The van der Waals surface area contributed by atoms with Crippen LogP contribution < -0.4 is 5.32 Å².